The van der Waals surface area contributed by atoms with E-state index in [4.69, 9.17) is 16.6 Å². The molecular weight excluding hydrogens is 376 g/mol. The van der Waals surface area contributed by atoms with Crippen molar-refractivity contribution in [3.63, 3.8) is 0 Å². The molecule has 0 aliphatic carbocycles. The zero-order valence-electron chi connectivity index (χ0n) is 14.8. The van der Waals surface area contributed by atoms with Crippen LogP contribution in [0.4, 0.5) is 5.69 Å². The molecule has 0 spiro atoms. The molecule has 3 aromatic rings. The zero-order valence-corrected chi connectivity index (χ0v) is 15.6. The molecule has 0 saturated heterocycles. The summed E-state index contributed by atoms with van der Waals surface area (Å²) < 4.78 is 5.03. The molecule has 0 bridgehead atoms. The van der Waals surface area contributed by atoms with Crippen molar-refractivity contribution in [2.75, 3.05) is 5.32 Å². The van der Waals surface area contributed by atoms with E-state index in [1.807, 2.05) is 30.3 Å². The van der Waals surface area contributed by atoms with Gasteiger partial charge in [0.15, 0.2) is 10.9 Å². The molecule has 3 rings (SSSR count). The number of anilines is 1. The number of hydrazine groups is 1. The van der Waals surface area contributed by atoms with Gasteiger partial charge >= 0.3 is 0 Å². The van der Waals surface area contributed by atoms with Gasteiger partial charge < -0.3 is 15.1 Å². The van der Waals surface area contributed by atoms with Crippen LogP contribution in [0, 0.1) is 0 Å². The molecule has 28 heavy (non-hydrogen) atoms. The second kappa shape index (κ2) is 9.33. The zero-order chi connectivity index (χ0) is 19.8. The van der Waals surface area contributed by atoms with Gasteiger partial charge in [0.1, 0.15) is 0 Å². The van der Waals surface area contributed by atoms with Crippen molar-refractivity contribution < 1.29 is 14.0 Å². The molecule has 0 aliphatic rings. The van der Waals surface area contributed by atoms with E-state index in [2.05, 4.69) is 21.5 Å². The first-order chi connectivity index (χ1) is 13.6. The average molecular weight is 394 g/mol. The number of amides is 2. The number of hydrogen-bond acceptors (Lipinski definition) is 4. The summed E-state index contributed by atoms with van der Waals surface area (Å²) in [6.45, 7) is 0.548. The van der Waals surface area contributed by atoms with Crippen molar-refractivity contribution in [1.82, 2.24) is 16.2 Å². The Morgan fingerprint density at radius 3 is 2.29 bits per heavy atom. The lowest BCUT2D eigenvalue weighted by atomic mass is 10.2. The minimum Gasteiger partial charge on any atom is -0.459 e. The summed E-state index contributed by atoms with van der Waals surface area (Å²) in [5.74, 6) is -0.506. The monoisotopic (exact) mass is 394 g/mol. The topological polar surface area (TPSA) is 95.4 Å². The lowest BCUT2D eigenvalue weighted by molar-refractivity contribution is 0.0943. The fraction of sp³-hybridized carbons (Fsp3) is 0.0500. The molecule has 142 valence electrons. The van der Waals surface area contributed by atoms with Crippen molar-refractivity contribution in [2.45, 2.75) is 6.54 Å². The summed E-state index contributed by atoms with van der Waals surface area (Å²) in [6.07, 6.45) is 1.43. The maximum Gasteiger partial charge on any atom is 0.291 e. The molecule has 2 aromatic carbocycles. The summed E-state index contributed by atoms with van der Waals surface area (Å²) >= 11 is 5.14. The molecule has 0 atom stereocenters. The van der Waals surface area contributed by atoms with Gasteiger partial charge in [-0.25, -0.2) is 0 Å². The van der Waals surface area contributed by atoms with Gasteiger partial charge in [-0.2, -0.15) is 0 Å². The molecule has 0 unspecified atom stereocenters. The Morgan fingerprint density at radius 2 is 1.61 bits per heavy atom. The Bertz CT molecular complexity index is 941. The molecule has 7 nitrogen and oxygen atoms in total. The minimum absolute atomic E-state index is 0.211. The normalized spacial score (nSPS) is 10.0. The van der Waals surface area contributed by atoms with E-state index in [-0.39, 0.29) is 17.6 Å². The quantitative estimate of drug-likeness (QED) is 0.393. The first kappa shape index (κ1) is 19.1. The highest BCUT2D eigenvalue weighted by molar-refractivity contribution is 7.80. The highest BCUT2D eigenvalue weighted by atomic mass is 32.1. The van der Waals surface area contributed by atoms with Crippen LogP contribution in [0.3, 0.4) is 0 Å². The highest BCUT2D eigenvalue weighted by Gasteiger charge is 2.10. The molecule has 8 heteroatoms. The maximum absolute atomic E-state index is 12.2. The summed E-state index contributed by atoms with van der Waals surface area (Å²) in [4.78, 5) is 24.1. The third kappa shape index (κ3) is 5.42. The Morgan fingerprint density at radius 1 is 0.857 bits per heavy atom. The Kier molecular flexibility index (Phi) is 6.37. The van der Waals surface area contributed by atoms with E-state index in [1.165, 1.54) is 6.26 Å². The van der Waals surface area contributed by atoms with Crippen LogP contribution in [-0.4, -0.2) is 16.9 Å². The standard InChI is InChI=1S/C20H18N4O3S/c25-18(23-24-20(28)21-13-14-5-2-1-3-6-14)15-8-10-16(11-9-15)22-19(26)17-7-4-12-27-17/h1-12H,13H2,(H,22,26)(H,23,25)(H2,21,24,28). The average Bonchev–Trinajstić information content (AvgIpc) is 3.27. The Balaban J connectivity index is 1.45. The predicted molar refractivity (Wildman–Crippen MR) is 110 cm³/mol. The van der Waals surface area contributed by atoms with Crippen molar-refractivity contribution in [3.8, 4) is 0 Å². The van der Waals surface area contributed by atoms with Crippen LogP contribution in [0.25, 0.3) is 0 Å². The molecule has 4 N–H and O–H groups in total. The summed E-state index contributed by atoms with van der Waals surface area (Å²) in [7, 11) is 0. The van der Waals surface area contributed by atoms with Crippen LogP contribution in [0.2, 0.25) is 0 Å². The second-order valence-electron chi connectivity index (χ2n) is 5.76. The Hall–Kier alpha value is -3.65. The SMILES string of the molecule is O=C(NNC(=S)NCc1ccccc1)c1ccc(NC(=O)c2ccco2)cc1. The molecule has 2 amide bonds. The van der Waals surface area contributed by atoms with Gasteiger partial charge in [-0.15, -0.1) is 0 Å². The Labute approximate surface area is 167 Å². The summed E-state index contributed by atoms with van der Waals surface area (Å²) in [5, 5.41) is 5.99. The van der Waals surface area contributed by atoms with Crippen LogP contribution < -0.4 is 21.5 Å². The molecular formula is C20H18N4O3S. The molecule has 1 heterocycles. The van der Waals surface area contributed by atoms with Crippen LogP contribution in [0.5, 0.6) is 0 Å². The third-order valence-electron chi connectivity index (χ3n) is 3.74. The van der Waals surface area contributed by atoms with Crippen molar-refractivity contribution >= 4 is 34.8 Å². The lowest BCUT2D eigenvalue weighted by Gasteiger charge is -2.12. The number of furan rings is 1. The number of carbonyl (C=O) groups is 2. The number of carbonyl (C=O) groups excluding carboxylic acids is 2. The molecule has 0 fully saturated rings. The number of hydrogen-bond donors (Lipinski definition) is 4. The van der Waals surface area contributed by atoms with E-state index in [9.17, 15) is 9.59 Å². The second-order valence-corrected chi connectivity index (χ2v) is 6.16. The van der Waals surface area contributed by atoms with Crippen LogP contribution >= 0.6 is 12.2 Å². The van der Waals surface area contributed by atoms with Gasteiger partial charge in [0, 0.05) is 17.8 Å². The van der Waals surface area contributed by atoms with Crippen molar-refractivity contribution in [3.05, 3.63) is 89.9 Å². The van der Waals surface area contributed by atoms with Crippen LogP contribution in [-0.2, 0) is 6.54 Å². The number of nitrogens with one attached hydrogen (secondary N) is 4. The van der Waals surface area contributed by atoms with E-state index in [1.54, 1.807) is 36.4 Å². The number of rotatable bonds is 5. The van der Waals surface area contributed by atoms with E-state index < -0.39 is 0 Å². The van der Waals surface area contributed by atoms with Crippen molar-refractivity contribution in [2.24, 2.45) is 0 Å². The maximum atomic E-state index is 12.2. The summed E-state index contributed by atoms with van der Waals surface area (Å²) in [5.41, 5.74) is 7.21. The van der Waals surface area contributed by atoms with Crippen LogP contribution in [0.1, 0.15) is 26.5 Å². The smallest absolute Gasteiger partial charge is 0.291 e. The number of thiocarbonyl (C=S) groups is 1. The van der Waals surface area contributed by atoms with E-state index in [0.29, 0.717) is 22.9 Å². The first-order valence-corrected chi connectivity index (χ1v) is 8.85. The third-order valence-corrected chi connectivity index (χ3v) is 3.98. The van der Waals surface area contributed by atoms with E-state index >= 15 is 0 Å². The first-order valence-electron chi connectivity index (χ1n) is 8.45. The van der Waals surface area contributed by atoms with Gasteiger partial charge in [-0.05, 0) is 54.2 Å². The lowest BCUT2D eigenvalue weighted by Crippen LogP contribution is -2.46. The predicted octanol–water partition coefficient (Wildman–Crippen LogP) is 2.84. The minimum atomic E-state index is -0.362. The van der Waals surface area contributed by atoms with Crippen molar-refractivity contribution in [1.29, 1.82) is 0 Å². The van der Waals surface area contributed by atoms with E-state index in [0.717, 1.165) is 5.56 Å². The molecule has 0 aliphatic heterocycles. The van der Waals surface area contributed by atoms with Gasteiger partial charge in [0.2, 0.25) is 0 Å². The molecule has 0 saturated carbocycles. The highest BCUT2D eigenvalue weighted by Crippen LogP contribution is 2.11. The summed E-state index contributed by atoms with van der Waals surface area (Å²) in [6, 6.07) is 19.4. The fourth-order valence-corrected chi connectivity index (χ4v) is 2.44. The van der Waals surface area contributed by atoms with Gasteiger partial charge in [-0.3, -0.25) is 20.4 Å². The van der Waals surface area contributed by atoms with Gasteiger partial charge in [0.25, 0.3) is 11.8 Å². The van der Waals surface area contributed by atoms with Gasteiger partial charge in [0.05, 0.1) is 6.26 Å². The molecule has 1 aromatic heterocycles. The van der Waals surface area contributed by atoms with Crippen LogP contribution in [0.15, 0.2) is 77.4 Å². The molecule has 0 radical (unpaired) electrons. The van der Waals surface area contributed by atoms with Gasteiger partial charge in [-0.1, -0.05) is 30.3 Å². The fourth-order valence-electron chi connectivity index (χ4n) is 2.31. The largest absolute Gasteiger partial charge is 0.459 e. The number of benzene rings is 2.